The second-order valence-electron chi connectivity index (χ2n) is 8.67. The molecule has 0 saturated carbocycles. The molecular formula is C25H26N4O4. The molecular weight excluding hydrogens is 420 g/mol. The van der Waals surface area contributed by atoms with Crippen molar-refractivity contribution in [1.29, 1.82) is 0 Å². The molecule has 0 radical (unpaired) electrons. The first-order valence-corrected chi connectivity index (χ1v) is 11.1. The number of benzene rings is 1. The Bertz CT molecular complexity index is 1400. The van der Waals surface area contributed by atoms with Gasteiger partial charge >= 0.3 is 0 Å². The molecule has 0 aliphatic carbocycles. The number of aryl methyl sites for hydroxylation is 2. The van der Waals surface area contributed by atoms with Crippen LogP contribution in [0.25, 0.3) is 16.5 Å². The monoisotopic (exact) mass is 446 g/mol. The summed E-state index contributed by atoms with van der Waals surface area (Å²) in [7, 11) is 1.59. The number of rotatable bonds is 4. The van der Waals surface area contributed by atoms with Gasteiger partial charge in [0.05, 0.1) is 17.3 Å². The summed E-state index contributed by atoms with van der Waals surface area (Å²) in [5.74, 6) is 2.06. The third-order valence-electron chi connectivity index (χ3n) is 6.35. The summed E-state index contributed by atoms with van der Waals surface area (Å²) in [6.07, 6.45) is 4.45. The number of nitrogens with one attached hydrogen (secondary N) is 1. The molecule has 3 aromatic heterocycles. The molecule has 1 N–H and O–H groups in total. The quantitative estimate of drug-likeness (QED) is 0.504. The molecule has 5 rings (SSSR count). The van der Waals surface area contributed by atoms with Crippen LogP contribution in [0, 0.1) is 19.8 Å². The Morgan fingerprint density at radius 1 is 1.24 bits per heavy atom. The van der Waals surface area contributed by atoms with Crippen molar-refractivity contribution in [3.63, 3.8) is 0 Å². The lowest BCUT2D eigenvalue weighted by atomic mass is 10.1. The molecule has 8 nitrogen and oxygen atoms in total. The molecule has 1 fully saturated rings. The summed E-state index contributed by atoms with van der Waals surface area (Å²) in [4.78, 5) is 27.2. The third kappa shape index (κ3) is 3.51. The van der Waals surface area contributed by atoms with Crippen molar-refractivity contribution in [2.75, 3.05) is 20.1 Å². The maximum Gasteiger partial charge on any atom is 0.255 e. The Hall–Kier alpha value is -3.81. The molecule has 1 atom stereocenters. The van der Waals surface area contributed by atoms with E-state index in [0.29, 0.717) is 39.9 Å². The molecule has 0 bridgehead atoms. The lowest BCUT2D eigenvalue weighted by Crippen LogP contribution is -2.28. The molecule has 1 aliphatic heterocycles. The number of likely N-dealkylation sites (tertiary alicyclic amines) is 1. The Balaban J connectivity index is 1.50. The van der Waals surface area contributed by atoms with Crippen LogP contribution in [-0.4, -0.2) is 46.5 Å². The van der Waals surface area contributed by atoms with E-state index in [2.05, 4.69) is 17.3 Å². The summed E-state index contributed by atoms with van der Waals surface area (Å²) >= 11 is 0. The molecule has 1 aliphatic rings. The normalized spacial score (nSPS) is 16.0. The van der Waals surface area contributed by atoms with Crippen molar-refractivity contribution in [1.82, 2.24) is 19.8 Å². The molecule has 1 saturated heterocycles. The van der Waals surface area contributed by atoms with Gasteiger partial charge in [0.25, 0.3) is 11.8 Å². The van der Waals surface area contributed by atoms with Crippen molar-refractivity contribution in [3.05, 3.63) is 59.1 Å². The average molecular weight is 447 g/mol. The molecule has 4 aromatic rings. The molecule has 33 heavy (non-hydrogen) atoms. The summed E-state index contributed by atoms with van der Waals surface area (Å²) in [6.45, 7) is 7.41. The lowest BCUT2D eigenvalue weighted by molar-refractivity contribution is 0.0787. The van der Waals surface area contributed by atoms with Gasteiger partial charge in [-0.3, -0.25) is 9.59 Å². The van der Waals surface area contributed by atoms with E-state index in [1.54, 1.807) is 49.1 Å². The van der Waals surface area contributed by atoms with Crippen LogP contribution in [-0.2, 0) is 0 Å². The van der Waals surface area contributed by atoms with Crippen LogP contribution in [0.1, 0.15) is 45.4 Å². The Kier molecular flexibility index (Phi) is 5.08. The summed E-state index contributed by atoms with van der Waals surface area (Å²) < 4.78 is 13.7. The van der Waals surface area contributed by atoms with Crippen LogP contribution in [0.2, 0.25) is 0 Å². The van der Waals surface area contributed by atoms with Crippen LogP contribution < -0.4 is 10.1 Å². The topological polar surface area (TPSA) is 89.1 Å². The van der Waals surface area contributed by atoms with Gasteiger partial charge in [-0.15, -0.1) is 0 Å². The molecule has 2 amide bonds. The third-order valence-corrected chi connectivity index (χ3v) is 6.35. The zero-order valence-electron chi connectivity index (χ0n) is 19.1. The fourth-order valence-electron chi connectivity index (χ4n) is 4.61. The largest absolute Gasteiger partial charge is 0.460 e. The first kappa shape index (κ1) is 21.1. The molecule has 1 unspecified atom stereocenters. The van der Waals surface area contributed by atoms with Crippen molar-refractivity contribution >= 4 is 28.3 Å². The molecule has 0 spiro atoms. The fourth-order valence-corrected chi connectivity index (χ4v) is 4.61. The minimum atomic E-state index is -0.191. The minimum absolute atomic E-state index is 0.0301. The van der Waals surface area contributed by atoms with E-state index >= 15 is 0 Å². The number of aromatic nitrogens is 2. The first-order valence-electron chi connectivity index (χ1n) is 11.1. The standard InChI is InChI=1S/C25H26N4O4/c1-14-8-10-28(12-14)25(31)19-13-29-23(15(19)2)20(7-9-27-29)33-17-5-6-18-21(11-17)32-16(3)22(18)24(30)26-4/h5-7,9,11,13-14H,8,10,12H2,1-4H3,(H,26,30). The van der Waals surface area contributed by atoms with Gasteiger partial charge in [-0.05, 0) is 43.9 Å². The second-order valence-corrected chi connectivity index (χ2v) is 8.67. The van der Waals surface area contributed by atoms with Gasteiger partial charge in [-0.25, -0.2) is 4.52 Å². The highest BCUT2D eigenvalue weighted by atomic mass is 16.5. The lowest BCUT2D eigenvalue weighted by Gasteiger charge is -2.15. The van der Waals surface area contributed by atoms with E-state index in [-0.39, 0.29) is 11.8 Å². The molecule has 8 heteroatoms. The van der Waals surface area contributed by atoms with E-state index in [4.69, 9.17) is 9.15 Å². The summed E-state index contributed by atoms with van der Waals surface area (Å²) in [5.41, 5.74) is 3.31. The average Bonchev–Trinajstić information content (AvgIpc) is 3.47. The van der Waals surface area contributed by atoms with Crippen molar-refractivity contribution in [3.8, 4) is 11.5 Å². The predicted molar refractivity (Wildman–Crippen MR) is 124 cm³/mol. The fraction of sp³-hybridized carbons (Fsp3) is 0.320. The van der Waals surface area contributed by atoms with Gasteiger partial charge in [0.2, 0.25) is 0 Å². The zero-order chi connectivity index (χ0) is 23.3. The minimum Gasteiger partial charge on any atom is -0.460 e. The Labute approximate surface area is 191 Å². The summed E-state index contributed by atoms with van der Waals surface area (Å²) in [6, 6.07) is 7.17. The number of nitrogens with zero attached hydrogens (tertiary/aromatic N) is 3. The van der Waals surface area contributed by atoms with Crippen LogP contribution in [0.4, 0.5) is 0 Å². The number of fused-ring (bicyclic) bond motifs is 2. The van der Waals surface area contributed by atoms with Gasteiger partial charge in [-0.2, -0.15) is 5.10 Å². The zero-order valence-corrected chi connectivity index (χ0v) is 19.1. The van der Waals surface area contributed by atoms with Crippen molar-refractivity contribution < 1.29 is 18.7 Å². The van der Waals surface area contributed by atoms with E-state index in [0.717, 1.165) is 36.0 Å². The van der Waals surface area contributed by atoms with Crippen LogP contribution in [0.3, 0.4) is 0 Å². The number of carbonyl (C=O) groups excluding carboxylic acids is 2. The van der Waals surface area contributed by atoms with Gasteiger partial charge < -0.3 is 19.4 Å². The highest BCUT2D eigenvalue weighted by Crippen LogP contribution is 2.34. The number of ether oxygens (including phenoxy) is 1. The highest BCUT2D eigenvalue weighted by Gasteiger charge is 2.27. The maximum atomic E-state index is 13.1. The molecule has 1 aromatic carbocycles. The van der Waals surface area contributed by atoms with Gasteiger partial charge in [0, 0.05) is 43.9 Å². The molecule has 170 valence electrons. The number of amides is 2. The summed E-state index contributed by atoms with van der Waals surface area (Å²) in [5, 5.41) is 7.76. The number of hydrogen-bond donors (Lipinski definition) is 1. The van der Waals surface area contributed by atoms with Crippen molar-refractivity contribution in [2.45, 2.75) is 27.2 Å². The maximum absolute atomic E-state index is 13.1. The van der Waals surface area contributed by atoms with Gasteiger partial charge in [0.1, 0.15) is 22.6 Å². The van der Waals surface area contributed by atoms with E-state index < -0.39 is 0 Å². The Morgan fingerprint density at radius 2 is 2.06 bits per heavy atom. The van der Waals surface area contributed by atoms with E-state index in [1.165, 1.54) is 0 Å². The first-order chi connectivity index (χ1) is 15.9. The smallest absolute Gasteiger partial charge is 0.255 e. The van der Waals surface area contributed by atoms with Gasteiger partial charge in [0.15, 0.2) is 5.75 Å². The van der Waals surface area contributed by atoms with E-state index in [1.807, 2.05) is 17.9 Å². The van der Waals surface area contributed by atoms with E-state index in [9.17, 15) is 9.59 Å². The predicted octanol–water partition coefficient (Wildman–Crippen LogP) is 4.33. The van der Waals surface area contributed by atoms with Crippen LogP contribution in [0.15, 0.2) is 41.1 Å². The SMILES string of the molecule is CNC(=O)c1c(C)oc2cc(Oc3ccnn4cc(C(=O)N5CCC(C)C5)c(C)c34)ccc12. The highest BCUT2D eigenvalue weighted by molar-refractivity contribution is 6.07. The molecule has 4 heterocycles. The van der Waals surface area contributed by atoms with Crippen molar-refractivity contribution in [2.24, 2.45) is 5.92 Å². The van der Waals surface area contributed by atoms with Gasteiger partial charge in [-0.1, -0.05) is 6.92 Å². The second kappa shape index (κ2) is 7.95. The number of hydrogen-bond acceptors (Lipinski definition) is 5. The van der Waals surface area contributed by atoms with Crippen LogP contribution >= 0.6 is 0 Å². The van der Waals surface area contributed by atoms with Crippen LogP contribution in [0.5, 0.6) is 11.5 Å². The number of furan rings is 1. The number of carbonyl (C=O) groups is 2. The Morgan fingerprint density at radius 3 is 2.79 bits per heavy atom.